The van der Waals surface area contributed by atoms with E-state index >= 15 is 0 Å². The number of sulfonamides is 2. The van der Waals surface area contributed by atoms with E-state index in [-0.39, 0.29) is 21.4 Å². The number of hydrogen-bond acceptors (Lipinski definition) is 10. The van der Waals surface area contributed by atoms with E-state index in [0.717, 1.165) is 0 Å². The smallest absolute Gasteiger partial charge is 0.263 e. The van der Waals surface area contributed by atoms with Crippen LogP contribution in [0.25, 0.3) is 0 Å². The van der Waals surface area contributed by atoms with Crippen molar-refractivity contribution in [3.05, 3.63) is 72.2 Å². The molecule has 0 unspecified atom stereocenters. The second-order valence-corrected chi connectivity index (χ2v) is 10.4. The zero-order chi connectivity index (χ0) is 24.3. The van der Waals surface area contributed by atoms with E-state index in [1.807, 2.05) is 0 Å². The molecule has 0 saturated heterocycles. The van der Waals surface area contributed by atoms with Crippen molar-refractivity contribution in [1.82, 2.24) is 10.3 Å². The predicted octanol–water partition coefficient (Wildman–Crippen LogP) is 4.30. The third-order valence-electron chi connectivity index (χ3n) is 4.31. The molecular formula is C20H18N6O6S2. The normalized spacial score (nSPS) is 12.2. The number of rotatable bonds is 8. The third kappa shape index (κ3) is 5.47. The summed E-state index contributed by atoms with van der Waals surface area (Å²) >= 11 is 0. The molecule has 0 spiro atoms. The number of aromatic nitrogens is 2. The van der Waals surface area contributed by atoms with Crippen LogP contribution in [0, 0.1) is 13.8 Å². The minimum Gasteiger partial charge on any atom is -0.360 e. The van der Waals surface area contributed by atoms with Crippen LogP contribution in [-0.4, -0.2) is 27.1 Å². The van der Waals surface area contributed by atoms with Crippen molar-refractivity contribution < 1.29 is 25.9 Å². The number of benzene rings is 2. The maximum atomic E-state index is 12.4. The van der Waals surface area contributed by atoms with Crippen molar-refractivity contribution in [2.75, 3.05) is 9.44 Å². The van der Waals surface area contributed by atoms with Crippen LogP contribution < -0.4 is 9.44 Å². The van der Waals surface area contributed by atoms with E-state index in [1.165, 1.54) is 60.7 Å². The SMILES string of the molecule is Cc1cc(NS(=O)(=O)c2ccc(N=Nc3ccc(S(=O)(=O)Nc4cc(C)on4)cc3)cc2)no1. The molecule has 0 radical (unpaired) electrons. The summed E-state index contributed by atoms with van der Waals surface area (Å²) in [6.07, 6.45) is 0. The number of nitrogens with one attached hydrogen (secondary N) is 2. The van der Waals surface area contributed by atoms with Gasteiger partial charge in [-0.15, -0.1) is 0 Å². The summed E-state index contributed by atoms with van der Waals surface area (Å²) in [5.74, 6) is 1.11. The van der Waals surface area contributed by atoms with Crippen LogP contribution in [0.2, 0.25) is 0 Å². The van der Waals surface area contributed by atoms with Gasteiger partial charge in [0.1, 0.15) is 11.5 Å². The van der Waals surface area contributed by atoms with Gasteiger partial charge in [0.05, 0.1) is 21.2 Å². The van der Waals surface area contributed by atoms with E-state index in [4.69, 9.17) is 9.05 Å². The first-order valence-corrected chi connectivity index (χ1v) is 12.6. The van der Waals surface area contributed by atoms with Gasteiger partial charge in [-0.25, -0.2) is 16.8 Å². The summed E-state index contributed by atoms with van der Waals surface area (Å²) in [6.45, 7) is 3.29. The van der Waals surface area contributed by atoms with Crippen molar-refractivity contribution in [1.29, 1.82) is 0 Å². The molecule has 12 nitrogen and oxygen atoms in total. The highest BCUT2D eigenvalue weighted by atomic mass is 32.2. The Morgan fingerprint density at radius 1 is 0.647 bits per heavy atom. The summed E-state index contributed by atoms with van der Waals surface area (Å²) in [6, 6.07) is 14.3. The van der Waals surface area contributed by atoms with Gasteiger partial charge < -0.3 is 9.05 Å². The largest absolute Gasteiger partial charge is 0.360 e. The summed E-state index contributed by atoms with van der Waals surface area (Å²) in [5, 5.41) is 15.3. The highest BCUT2D eigenvalue weighted by Crippen LogP contribution is 2.23. The van der Waals surface area contributed by atoms with Crippen LogP contribution in [0.5, 0.6) is 0 Å². The quantitative estimate of drug-likeness (QED) is 0.336. The lowest BCUT2D eigenvalue weighted by Crippen LogP contribution is -2.12. The lowest BCUT2D eigenvalue weighted by Gasteiger charge is -2.05. The Bertz CT molecular complexity index is 1420. The predicted molar refractivity (Wildman–Crippen MR) is 121 cm³/mol. The lowest BCUT2D eigenvalue weighted by atomic mass is 10.3. The van der Waals surface area contributed by atoms with Gasteiger partial charge in [-0.1, -0.05) is 10.3 Å². The Kier molecular flexibility index (Phi) is 6.17. The zero-order valence-electron chi connectivity index (χ0n) is 17.8. The van der Waals surface area contributed by atoms with Gasteiger partial charge in [0.2, 0.25) is 0 Å². The first-order chi connectivity index (χ1) is 16.1. The third-order valence-corrected chi connectivity index (χ3v) is 7.05. The van der Waals surface area contributed by atoms with E-state index in [0.29, 0.717) is 22.9 Å². The molecule has 2 N–H and O–H groups in total. The van der Waals surface area contributed by atoms with Crippen molar-refractivity contribution in [3.8, 4) is 0 Å². The fraction of sp³-hybridized carbons (Fsp3) is 0.100. The van der Waals surface area contributed by atoms with Crippen LogP contribution in [0.15, 0.2) is 89.7 Å². The molecule has 34 heavy (non-hydrogen) atoms. The van der Waals surface area contributed by atoms with Gasteiger partial charge >= 0.3 is 0 Å². The first-order valence-electron chi connectivity index (χ1n) is 9.65. The number of nitrogens with zero attached hydrogens (tertiary/aromatic N) is 4. The molecule has 0 bridgehead atoms. The molecule has 14 heteroatoms. The van der Waals surface area contributed by atoms with Gasteiger partial charge in [0.15, 0.2) is 11.6 Å². The molecule has 2 heterocycles. The average molecular weight is 503 g/mol. The van der Waals surface area contributed by atoms with Gasteiger partial charge in [0.25, 0.3) is 20.0 Å². The van der Waals surface area contributed by atoms with Gasteiger partial charge in [0, 0.05) is 12.1 Å². The first kappa shape index (κ1) is 23.1. The lowest BCUT2D eigenvalue weighted by molar-refractivity contribution is 0.400. The highest BCUT2D eigenvalue weighted by molar-refractivity contribution is 7.93. The van der Waals surface area contributed by atoms with E-state index in [1.54, 1.807) is 13.8 Å². The number of aryl methyl sites for hydroxylation is 2. The summed E-state index contributed by atoms with van der Waals surface area (Å²) in [7, 11) is -7.68. The molecule has 0 aliphatic heterocycles. The van der Waals surface area contributed by atoms with Crippen LogP contribution in [0.3, 0.4) is 0 Å². The molecule has 4 rings (SSSR count). The molecule has 0 saturated carbocycles. The fourth-order valence-corrected chi connectivity index (χ4v) is 4.69. The second kappa shape index (κ2) is 9.07. The minimum atomic E-state index is -3.84. The molecule has 0 aliphatic carbocycles. The minimum absolute atomic E-state index is 0.0106. The van der Waals surface area contributed by atoms with Crippen LogP contribution in [0.1, 0.15) is 11.5 Å². The average Bonchev–Trinajstić information content (AvgIpc) is 3.39. The van der Waals surface area contributed by atoms with Crippen LogP contribution >= 0.6 is 0 Å². The summed E-state index contributed by atoms with van der Waals surface area (Å²) < 4.78 is 64.0. The maximum Gasteiger partial charge on any atom is 0.263 e. The highest BCUT2D eigenvalue weighted by Gasteiger charge is 2.17. The van der Waals surface area contributed by atoms with Crippen molar-refractivity contribution >= 4 is 43.1 Å². The Balaban J connectivity index is 1.42. The molecule has 0 atom stereocenters. The maximum absolute atomic E-state index is 12.4. The van der Waals surface area contributed by atoms with E-state index < -0.39 is 20.0 Å². The van der Waals surface area contributed by atoms with Crippen molar-refractivity contribution in [3.63, 3.8) is 0 Å². The van der Waals surface area contributed by atoms with Crippen LogP contribution in [-0.2, 0) is 20.0 Å². The zero-order valence-corrected chi connectivity index (χ0v) is 19.5. The molecule has 0 aliphatic rings. The number of anilines is 2. The van der Waals surface area contributed by atoms with Gasteiger partial charge in [-0.3, -0.25) is 9.44 Å². The Morgan fingerprint density at radius 3 is 1.29 bits per heavy atom. The molecule has 0 amide bonds. The molecule has 4 aromatic rings. The van der Waals surface area contributed by atoms with Crippen LogP contribution in [0.4, 0.5) is 23.0 Å². The second-order valence-electron chi connectivity index (χ2n) is 7.04. The number of hydrogen-bond donors (Lipinski definition) is 2. The Morgan fingerprint density at radius 2 is 1.00 bits per heavy atom. The molecule has 0 fully saturated rings. The van der Waals surface area contributed by atoms with Crippen molar-refractivity contribution in [2.24, 2.45) is 10.2 Å². The Hall–Kier alpha value is -4.04. The standard InChI is InChI=1S/C20H18N6O6S2/c1-13-11-19(23-31-13)25-33(27,28)17-7-3-15(4-8-17)21-22-16-5-9-18(10-6-16)34(29,30)26-20-12-14(2)32-24-20/h3-12H,1-2H3,(H,23,25)(H,24,26). The van der Waals surface area contributed by atoms with Gasteiger partial charge in [-0.05, 0) is 62.4 Å². The van der Waals surface area contributed by atoms with E-state index in [2.05, 4.69) is 30.0 Å². The monoisotopic (exact) mass is 502 g/mol. The summed E-state index contributed by atoms with van der Waals surface area (Å²) in [4.78, 5) is 0.0212. The van der Waals surface area contributed by atoms with E-state index in [9.17, 15) is 16.8 Å². The van der Waals surface area contributed by atoms with Crippen molar-refractivity contribution in [2.45, 2.75) is 23.6 Å². The molecular weight excluding hydrogens is 484 g/mol. The molecule has 2 aromatic heterocycles. The molecule has 176 valence electrons. The summed E-state index contributed by atoms with van der Waals surface area (Å²) in [5.41, 5.74) is 0.798. The van der Waals surface area contributed by atoms with Gasteiger partial charge in [-0.2, -0.15) is 10.2 Å². The number of azo groups is 1. The Labute approximate surface area is 194 Å². The topological polar surface area (TPSA) is 169 Å². The molecule has 2 aromatic carbocycles. The fourth-order valence-electron chi connectivity index (χ4n) is 2.72.